The van der Waals surface area contributed by atoms with Crippen molar-refractivity contribution >= 4 is 45.2 Å². The minimum Gasteiger partial charge on any atom is -0.449 e. The van der Waals surface area contributed by atoms with E-state index in [0.29, 0.717) is 5.56 Å². The molecule has 0 aliphatic carbocycles. The topological polar surface area (TPSA) is 97.4 Å². The predicted molar refractivity (Wildman–Crippen MR) is 71.7 cm³/mol. The summed E-state index contributed by atoms with van der Waals surface area (Å²) in [5.74, 6) is 0. The molecule has 0 saturated heterocycles. The van der Waals surface area contributed by atoms with Crippen molar-refractivity contribution in [2.45, 2.75) is 13.8 Å². The Bertz CT molecular complexity index is 568. The van der Waals surface area contributed by atoms with E-state index in [0.717, 1.165) is 0 Å². The minimum atomic E-state index is -4.16. The highest BCUT2D eigenvalue weighted by Crippen LogP contribution is 2.26. The molecule has 106 valence electrons. The summed E-state index contributed by atoms with van der Waals surface area (Å²) in [4.78, 5) is 14.7. The average Bonchev–Trinajstić information content (AvgIpc) is 2.23. The molecule has 0 fully saturated rings. The first kappa shape index (κ1) is 15.8. The number of aromatic nitrogens is 1. The molecule has 0 aromatic carbocycles. The Balaban J connectivity index is 2.93. The summed E-state index contributed by atoms with van der Waals surface area (Å²) >= 11 is 11.4. The Kier molecular flexibility index (Phi) is 5.21. The highest BCUT2D eigenvalue weighted by Gasteiger charge is 2.18. The molecule has 0 bridgehead atoms. The van der Waals surface area contributed by atoms with Gasteiger partial charge >= 0.3 is 16.3 Å². The third kappa shape index (κ3) is 4.73. The lowest BCUT2D eigenvalue weighted by atomic mass is 10.3. The number of carbonyl (C=O) groups is 1. The second-order valence-electron chi connectivity index (χ2n) is 3.36. The van der Waals surface area contributed by atoms with Crippen LogP contribution in [0.2, 0.25) is 10.3 Å². The summed E-state index contributed by atoms with van der Waals surface area (Å²) in [6.45, 7) is 3.18. The number of rotatable bonds is 4. The SMILES string of the molecule is CCOC(=O)NS(=O)(=O)Nc1c(C)cc(Cl)nc1Cl. The molecule has 0 aliphatic rings. The van der Waals surface area contributed by atoms with Gasteiger partial charge in [-0.1, -0.05) is 23.2 Å². The second kappa shape index (κ2) is 6.27. The number of nitrogens with zero attached hydrogens (tertiary/aromatic N) is 1. The summed E-state index contributed by atoms with van der Waals surface area (Å²) in [5.41, 5.74) is 0.488. The van der Waals surface area contributed by atoms with Gasteiger partial charge in [0.05, 0.1) is 12.3 Å². The van der Waals surface area contributed by atoms with Crippen LogP contribution in [0.5, 0.6) is 0 Å². The number of hydrogen-bond acceptors (Lipinski definition) is 5. The molecule has 0 saturated carbocycles. The molecule has 1 aromatic heterocycles. The molecule has 0 aliphatic heterocycles. The van der Waals surface area contributed by atoms with E-state index in [1.165, 1.54) is 6.07 Å². The molecule has 1 heterocycles. The molecule has 7 nitrogen and oxygen atoms in total. The minimum absolute atomic E-state index is 0.0304. The van der Waals surface area contributed by atoms with E-state index in [4.69, 9.17) is 23.2 Å². The van der Waals surface area contributed by atoms with Crippen molar-refractivity contribution in [1.29, 1.82) is 0 Å². The lowest BCUT2D eigenvalue weighted by Gasteiger charge is -2.12. The first-order valence-corrected chi connectivity index (χ1v) is 7.29. The van der Waals surface area contributed by atoms with Crippen LogP contribution in [0.4, 0.5) is 10.5 Å². The van der Waals surface area contributed by atoms with Crippen LogP contribution in [-0.2, 0) is 14.9 Å². The average molecular weight is 328 g/mol. The highest BCUT2D eigenvalue weighted by molar-refractivity contribution is 7.91. The van der Waals surface area contributed by atoms with Crippen molar-refractivity contribution in [1.82, 2.24) is 9.71 Å². The Morgan fingerprint density at radius 2 is 2.11 bits per heavy atom. The summed E-state index contributed by atoms with van der Waals surface area (Å²) < 4.78 is 31.5. The number of hydrogen-bond donors (Lipinski definition) is 2. The molecule has 0 unspecified atom stereocenters. The molecule has 10 heteroatoms. The van der Waals surface area contributed by atoms with E-state index in [1.807, 2.05) is 0 Å². The van der Waals surface area contributed by atoms with Gasteiger partial charge in [-0.15, -0.1) is 0 Å². The molecule has 1 amide bonds. The summed E-state index contributed by atoms with van der Waals surface area (Å²) in [6, 6.07) is 1.43. The van der Waals surface area contributed by atoms with Gasteiger partial charge in [0.2, 0.25) is 0 Å². The Labute approximate surface area is 120 Å². The molecule has 0 spiro atoms. The van der Waals surface area contributed by atoms with Crippen LogP contribution in [0.1, 0.15) is 12.5 Å². The number of ether oxygens (including phenoxy) is 1. The fourth-order valence-electron chi connectivity index (χ4n) is 1.15. The van der Waals surface area contributed by atoms with Crippen LogP contribution < -0.4 is 9.44 Å². The lowest BCUT2D eigenvalue weighted by Crippen LogP contribution is -2.36. The molecular formula is C9H11Cl2N3O4S. The zero-order valence-electron chi connectivity index (χ0n) is 10.0. The molecule has 0 atom stereocenters. The van der Waals surface area contributed by atoms with E-state index in [1.54, 1.807) is 18.6 Å². The number of aryl methyl sites for hydroxylation is 1. The first-order chi connectivity index (χ1) is 8.75. The summed E-state index contributed by atoms with van der Waals surface area (Å²) in [6.07, 6.45) is -1.09. The molecule has 2 N–H and O–H groups in total. The van der Waals surface area contributed by atoms with Crippen molar-refractivity contribution in [2.24, 2.45) is 0 Å². The van der Waals surface area contributed by atoms with Crippen molar-refractivity contribution < 1.29 is 17.9 Å². The van der Waals surface area contributed by atoms with Gasteiger partial charge < -0.3 is 4.74 Å². The van der Waals surface area contributed by atoms with Gasteiger partial charge in [-0.3, -0.25) is 4.72 Å². The Morgan fingerprint density at radius 3 is 2.63 bits per heavy atom. The largest absolute Gasteiger partial charge is 0.449 e. The normalized spacial score (nSPS) is 10.9. The van der Waals surface area contributed by atoms with Crippen molar-refractivity contribution in [3.63, 3.8) is 0 Å². The van der Waals surface area contributed by atoms with E-state index in [9.17, 15) is 13.2 Å². The summed E-state index contributed by atoms with van der Waals surface area (Å²) in [7, 11) is -4.16. The van der Waals surface area contributed by atoms with Crippen molar-refractivity contribution in [2.75, 3.05) is 11.3 Å². The Hall–Kier alpha value is -1.25. The zero-order valence-corrected chi connectivity index (χ0v) is 12.4. The van der Waals surface area contributed by atoms with E-state index in [2.05, 4.69) is 14.4 Å². The van der Waals surface area contributed by atoms with E-state index in [-0.39, 0.29) is 22.6 Å². The predicted octanol–water partition coefficient (Wildman–Crippen LogP) is 2.10. The standard InChI is InChI=1S/C9H11Cl2N3O4S/c1-3-18-9(15)14-19(16,17)13-7-5(2)4-6(10)12-8(7)11/h4,13H,3H2,1-2H3,(H,14,15). The maximum Gasteiger partial charge on any atom is 0.422 e. The van der Waals surface area contributed by atoms with Crippen LogP contribution in [0.25, 0.3) is 0 Å². The number of nitrogens with one attached hydrogen (secondary N) is 2. The quantitative estimate of drug-likeness (QED) is 0.825. The third-order valence-corrected chi connectivity index (χ3v) is 3.25. The van der Waals surface area contributed by atoms with Gasteiger partial charge in [0.1, 0.15) is 5.15 Å². The van der Waals surface area contributed by atoms with Gasteiger partial charge in [0.15, 0.2) is 5.15 Å². The molecular weight excluding hydrogens is 317 g/mol. The second-order valence-corrected chi connectivity index (χ2v) is 5.52. The van der Waals surface area contributed by atoms with E-state index >= 15 is 0 Å². The maximum absolute atomic E-state index is 11.6. The van der Waals surface area contributed by atoms with Crippen LogP contribution in [0, 0.1) is 6.92 Å². The monoisotopic (exact) mass is 327 g/mol. The van der Waals surface area contributed by atoms with Gasteiger partial charge in [0, 0.05) is 0 Å². The number of halogens is 2. The molecule has 1 aromatic rings. The van der Waals surface area contributed by atoms with Crippen molar-refractivity contribution in [3.05, 3.63) is 21.9 Å². The lowest BCUT2D eigenvalue weighted by molar-refractivity contribution is 0.159. The van der Waals surface area contributed by atoms with Crippen LogP contribution in [-0.4, -0.2) is 26.1 Å². The molecule has 19 heavy (non-hydrogen) atoms. The van der Waals surface area contributed by atoms with Crippen LogP contribution >= 0.6 is 23.2 Å². The van der Waals surface area contributed by atoms with Crippen LogP contribution in [0.3, 0.4) is 0 Å². The number of anilines is 1. The smallest absolute Gasteiger partial charge is 0.422 e. The molecule has 1 rings (SSSR count). The molecule has 0 radical (unpaired) electrons. The third-order valence-electron chi connectivity index (χ3n) is 1.87. The number of carbonyl (C=O) groups excluding carboxylic acids is 1. The number of pyridine rings is 1. The summed E-state index contributed by atoms with van der Waals surface area (Å²) in [5, 5.41) is 0.00281. The Morgan fingerprint density at radius 1 is 1.47 bits per heavy atom. The van der Waals surface area contributed by atoms with E-state index < -0.39 is 16.3 Å². The fraction of sp³-hybridized carbons (Fsp3) is 0.333. The first-order valence-electron chi connectivity index (χ1n) is 5.05. The maximum atomic E-state index is 11.6. The van der Waals surface area contributed by atoms with Gasteiger partial charge in [0.25, 0.3) is 0 Å². The zero-order chi connectivity index (χ0) is 14.6. The highest BCUT2D eigenvalue weighted by atomic mass is 35.5. The number of amides is 1. The van der Waals surface area contributed by atoms with Crippen LogP contribution in [0.15, 0.2) is 6.07 Å². The van der Waals surface area contributed by atoms with Gasteiger partial charge in [-0.05, 0) is 25.5 Å². The fourth-order valence-corrected chi connectivity index (χ4v) is 2.64. The van der Waals surface area contributed by atoms with Crippen molar-refractivity contribution in [3.8, 4) is 0 Å². The van der Waals surface area contributed by atoms with Gasteiger partial charge in [-0.2, -0.15) is 8.42 Å². The van der Waals surface area contributed by atoms with Gasteiger partial charge in [-0.25, -0.2) is 14.5 Å².